The van der Waals surface area contributed by atoms with E-state index in [0.717, 1.165) is 43.4 Å². The highest BCUT2D eigenvalue weighted by atomic mass is 19.1. The first-order valence-electron chi connectivity index (χ1n) is 10.1. The molecule has 1 atom stereocenters. The molecule has 1 aliphatic carbocycles. The summed E-state index contributed by atoms with van der Waals surface area (Å²) in [5.74, 6) is -0.233. The highest BCUT2D eigenvalue weighted by molar-refractivity contribution is 5.86. The Bertz CT molecular complexity index is 828. The SMILES string of the molecule is COCCCn1cc(CN(C(=O)[C@H]2CNCCO2)C2CC2)c2c(F)cccc21. The number of nitrogens with one attached hydrogen (secondary N) is 1. The van der Waals surface area contributed by atoms with Gasteiger partial charge in [-0.25, -0.2) is 4.39 Å². The first-order valence-corrected chi connectivity index (χ1v) is 10.1. The molecule has 7 heteroatoms. The predicted molar refractivity (Wildman–Crippen MR) is 105 cm³/mol. The van der Waals surface area contributed by atoms with E-state index in [4.69, 9.17) is 9.47 Å². The van der Waals surface area contributed by atoms with Crippen LogP contribution in [0.15, 0.2) is 24.4 Å². The van der Waals surface area contributed by atoms with Crippen molar-refractivity contribution < 1.29 is 18.7 Å². The van der Waals surface area contributed by atoms with Gasteiger partial charge < -0.3 is 24.3 Å². The molecule has 0 unspecified atom stereocenters. The molecule has 1 saturated heterocycles. The topological polar surface area (TPSA) is 55.7 Å². The van der Waals surface area contributed by atoms with Crippen LogP contribution < -0.4 is 5.32 Å². The summed E-state index contributed by atoms with van der Waals surface area (Å²) in [4.78, 5) is 15.0. The zero-order chi connectivity index (χ0) is 19.5. The number of aryl methyl sites for hydroxylation is 1. The van der Waals surface area contributed by atoms with Gasteiger partial charge >= 0.3 is 0 Å². The van der Waals surface area contributed by atoms with Gasteiger partial charge in [0.1, 0.15) is 11.9 Å². The minimum Gasteiger partial charge on any atom is -0.385 e. The third kappa shape index (κ3) is 4.06. The Kier molecular flexibility index (Phi) is 5.94. The number of morpholine rings is 1. The first-order chi connectivity index (χ1) is 13.7. The zero-order valence-electron chi connectivity index (χ0n) is 16.3. The van der Waals surface area contributed by atoms with E-state index in [0.29, 0.717) is 31.7 Å². The third-order valence-electron chi connectivity index (χ3n) is 5.50. The molecule has 152 valence electrons. The Balaban J connectivity index is 1.60. The molecule has 0 bridgehead atoms. The lowest BCUT2D eigenvalue weighted by Crippen LogP contribution is -2.49. The summed E-state index contributed by atoms with van der Waals surface area (Å²) in [6.45, 7) is 3.67. The monoisotopic (exact) mass is 389 g/mol. The number of hydrogen-bond acceptors (Lipinski definition) is 4. The second-order valence-electron chi connectivity index (χ2n) is 7.59. The van der Waals surface area contributed by atoms with E-state index in [2.05, 4.69) is 9.88 Å². The average molecular weight is 389 g/mol. The Morgan fingerprint density at radius 1 is 1.43 bits per heavy atom. The van der Waals surface area contributed by atoms with Crippen molar-refractivity contribution in [1.82, 2.24) is 14.8 Å². The number of hydrogen-bond donors (Lipinski definition) is 1. The van der Waals surface area contributed by atoms with Crippen LogP contribution in [0.25, 0.3) is 10.9 Å². The van der Waals surface area contributed by atoms with Gasteiger partial charge in [-0.15, -0.1) is 0 Å². The van der Waals surface area contributed by atoms with E-state index < -0.39 is 6.10 Å². The molecule has 2 aromatic rings. The number of carbonyl (C=O) groups excluding carboxylic acids is 1. The van der Waals surface area contributed by atoms with Gasteiger partial charge in [0.2, 0.25) is 0 Å². The highest BCUT2D eigenvalue weighted by Crippen LogP contribution is 2.32. The largest absolute Gasteiger partial charge is 0.385 e. The lowest BCUT2D eigenvalue weighted by atomic mass is 10.1. The fourth-order valence-corrected chi connectivity index (χ4v) is 3.94. The molecule has 2 fully saturated rings. The van der Waals surface area contributed by atoms with Crippen molar-refractivity contribution in [3.63, 3.8) is 0 Å². The van der Waals surface area contributed by atoms with E-state index >= 15 is 0 Å². The number of benzene rings is 1. The Labute approximate surface area is 164 Å². The summed E-state index contributed by atoms with van der Waals surface area (Å²) in [7, 11) is 1.68. The van der Waals surface area contributed by atoms with Crippen LogP contribution in [0.2, 0.25) is 0 Å². The van der Waals surface area contributed by atoms with Gasteiger partial charge in [-0.3, -0.25) is 4.79 Å². The highest BCUT2D eigenvalue weighted by Gasteiger charge is 2.37. The van der Waals surface area contributed by atoms with Gasteiger partial charge in [-0.2, -0.15) is 0 Å². The van der Waals surface area contributed by atoms with Gasteiger partial charge in [-0.1, -0.05) is 6.07 Å². The van der Waals surface area contributed by atoms with E-state index in [1.54, 1.807) is 13.2 Å². The van der Waals surface area contributed by atoms with Crippen LogP contribution in [0.4, 0.5) is 4.39 Å². The fourth-order valence-electron chi connectivity index (χ4n) is 3.94. The molecular weight excluding hydrogens is 361 g/mol. The number of rotatable bonds is 8. The molecular formula is C21H28FN3O3. The van der Waals surface area contributed by atoms with E-state index in [-0.39, 0.29) is 17.8 Å². The molecule has 1 aromatic heterocycles. The fraction of sp³-hybridized carbons (Fsp3) is 0.571. The zero-order valence-corrected chi connectivity index (χ0v) is 16.3. The van der Waals surface area contributed by atoms with Crippen molar-refractivity contribution in [2.45, 2.75) is 44.5 Å². The van der Waals surface area contributed by atoms with Crippen molar-refractivity contribution in [1.29, 1.82) is 0 Å². The Hall–Kier alpha value is -1.96. The van der Waals surface area contributed by atoms with Gasteiger partial charge in [0.25, 0.3) is 5.91 Å². The molecule has 4 rings (SSSR count). The number of fused-ring (bicyclic) bond motifs is 1. The quantitative estimate of drug-likeness (QED) is 0.704. The van der Waals surface area contributed by atoms with E-state index in [1.165, 1.54) is 6.07 Å². The summed E-state index contributed by atoms with van der Waals surface area (Å²) >= 11 is 0. The molecule has 28 heavy (non-hydrogen) atoms. The van der Waals surface area contributed by atoms with Crippen LogP contribution in [0.3, 0.4) is 0 Å². The molecule has 1 aliphatic heterocycles. The average Bonchev–Trinajstić information content (AvgIpc) is 3.50. The lowest BCUT2D eigenvalue weighted by molar-refractivity contribution is -0.146. The number of aromatic nitrogens is 1. The molecule has 1 amide bonds. The summed E-state index contributed by atoms with van der Waals surface area (Å²) in [6.07, 6.45) is 4.39. The van der Waals surface area contributed by atoms with Gasteiger partial charge in [0, 0.05) is 57.5 Å². The summed E-state index contributed by atoms with van der Waals surface area (Å²) in [5, 5.41) is 3.83. The van der Waals surface area contributed by atoms with E-state index in [9.17, 15) is 9.18 Å². The van der Waals surface area contributed by atoms with Crippen LogP contribution in [0.5, 0.6) is 0 Å². The summed E-state index contributed by atoms with van der Waals surface area (Å²) in [5.41, 5.74) is 1.72. The van der Waals surface area contributed by atoms with Crippen LogP contribution in [0, 0.1) is 5.82 Å². The first kappa shape index (κ1) is 19.4. The minimum absolute atomic E-state index is 0.00585. The van der Waals surface area contributed by atoms with Crippen molar-refractivity contribution in [3.05, 3.63) is 35.8 Å². The van der Waals surface area contributed by atoms with Crippen molar-refractivity contribution >= 4 is 16.8 Å². The molecule has 6 nitrogen and oxygen atoms in total. The molecule has 1 N–H and O–H groups in total. The molecule has 1 aromatic carbocycles. The standard InChI is InChI=1S/C21H28FN3O3/c1-27-10-3-9-24-13-15(20-17(22)4-2-5-18(20)24)14-25(16-6-7-16)21(26)19-12-23-8-11-28-19/h2,4-5,13,16,19,23H,3,6-12,14H2,1H3/t19-/m1/s1. The van der Waals surface area contributed by atoms with Crippen molar-refractivity contribution in [2.24, 2.45) is 0 Å². The number of halogens is 1. The van der Waals surface area contributed by atoms with Crippen molar-refractivity contribution in [3.8, 4) is 0 Å². The maximum absolute atomic E-state index is 14.7. The van der Waals surface area contributed by atoms with Crippen LogP contribution in [-0.2, 0) is 27.4 Å². The maximum Gasteiger partial charge on any atom is 0.253 e. The van der Waals surface area contributed by atoms with Crippen molar-refractivity contribution in [2.75, 3.05) is 33.4 Å². The maximum atomic E-state index is 14.7. The molecule has 2 aliphatic rings. The number of methoxy groups -OCH3 is 1. The molecule has 1 saturated carbocycles. The summed E-state index contributed by atoms with van der Waals surface area (Å²) in [6, 6.07) is 5.39. The number of amides is 1. The second-order valence-corrected chi connectivity index (χ2v) is 7.59. The Morgan fingerprint density at radius 3 is 3.00 bits per heavy atom. The minimum atomic E-state index is -0.450. The third-order valence-corrected chi connectivity index (χ3v) is 5.50. The van der Waals surface area contributed by atoms with E-state index in [1.807, 2.05) is 17.2 Å². The molecule has 0 radical (unpaired) electrons. The number of carbonyl (C=O) groups is 1. The second kappa shape index (κ2) is 8.59. The predicted octanol–water partition coefficient (Wildman–Crippen LogP) is 2.30. The van der Waals surface area contributed by atoms with Gasteiger partial charge in [0.15, 0.2) is 0 Å². The van der Waals surface area contributed by atoms with Crippen LogP contribution in [-0.4, -0.2) is 60.9 Å². The smallest absolute Gasteiger partial charge is 0.253 e. The van der Waals surface area contributed by atoms with Gasteiger partial charge in [0.05, 0.1) is 12.1 Å². The number of ether oxygens (including phenoxy) is 2. The van der Waals surface area contributed by atoms with Crippen LogP contribution >= 0.6 is 0 Å². The molecule has 0 spiro atoms. The summed E-state index contributed by atoms with van der Waals surface area (Å²) < 4.78 is 27.6. The molecule has 2 heterocycles. The van der Waals surface area contributed by atoms with Gasteiger partial charge in [-0.05, 0) is 37.0 Å². The van der Waals surface area contributed by atoms with Crippen LogP contribution in [0.1, 0.15) is 24.8 Å². The number of nitrogens with zero attached hydrogens (tertiary/aromatic N) is 2. The lowest BCUT2D eigenvalue weighted by Gasteiger charge is -2.30. The normalized spacial score (nSPS) is 19.9. The Morgan fingerprint density at radius 2 is 2.29 bits per heavy atom.